The number of nitrogens with zero attached hydrogens (tertiary/aromatic N) is 1. The lowest BCUT2D eigenvalue weighted by atomic mass is 10.1. The lowest BCUT2D eigenvalue weighted by Crippen LogP contribution is -2.54. The van der Waals surface area contributed by atoms with Crippen molar-refractivity contribution in [1.82, 2.24) is 5.32 Å². The molecule has 1 aliphatic rings. The normalized spacial score (nSPS) is 14.8. The van der Waals surface area contributed by atoms with Crippen molar-refractivity contribution in [1.29, 1.82) is 0 Å². The highest BCUT2D eigenvalue weighted by atomic mass is 35.5. The Hall–Kier alpha value is -3.52. The molecule has 4 amide bonds. The molecule has 0 saturated carbocycles. The molecule has 0 radical (unpaired) electrons. The van der Waals surface area contributed by atoms with E-state index in [-0.39, 0.29) is 32.9 Å². The number of amides is 4. The first-order chi connectivity index (χ1) is 17.2. The molecule has 1 fully saturated rings. The van der Waals surface area contributed by atoms with Crippen LogP contribution in [-0.2, 0) is 16.2 Å². The second-order valence-electron chi connectivity index (χ2n) is 7.86. The van der Waals surface area contributed by atoms with Crippen molar-refractivity contribution < 1.29 is 23.9 Å². The number of hydrogen-bond acceptors (Lipinski definition) is 5. The van der Waals surface area contributed by atoms with Crippen LogP contribution < -0.4 is 19.7 Å². The molecule has 3 aromatic rings. The van der Waals surface area contributed by atoms with Gasteiger partial charge in [0.2, 0.25) is 0 Å². The molecule has 4 rings (SSSR count). The highest BCUT2D eigenvalue weighted by Crippen LogP contribution is 2.38. The Labute approximate surface area is 222 Å². The highest BCUT2D eigenvalue weighted by molar-refractivity contribution is 6.43. The summed E-state index contributed by atoms with van der Waals surface area (Å²) in [7, 11) is 1.45. The number of aryl methyl sites for hydroxylation is 1. The SMILES string of the molecule is COc1cc(/C=C2\C(=O)NC(=O)N(c3ccc(Cl)c(Cl)c3)C2=O)cc(Cl)c1OCc1ccc(C)cc1. The lowest BCUT2D eigenvalue weighted by Gasteiger charge is -2.26. The van der Waals surface area contributed by atoms with Crippen LogP contribution in [0.3, 0.4) is 0 Å². The molecule has 0 spiro atoms. The van der Waals surface area contributed by atoms with Gasteiger partial charge in [0.15, 0.2) is 11.5 Å². The highest BCUT2D eigenvalue weighted by Gasteiger charge is 2.37. The summed E-state index contributed by atoms with van der Waals surface area (Å²) in [4.78, 5) is 38.9. The van der Waals surface area contributed by atoms with Gasteiger partial charge in [0.1, 0.15) is 12.2 Å². The second-order valence-corrected chi connectivity index (χ2v) is 9.09. The van der Waals surface area contributed by atoms with Gasteiger partial charge in [-0.25, -0.2) is 9.69 Å². The number of methoxy groups -OCH3 is 1. The van der Waals surface area contributed by atoms with Crippen LogP contribution in [-0.4, -0.2) is 25.0 Å². The number of benzene rings is 3. The molecule has 10 heteroatoms. The number of urea groups is 1. The van der Waals surface area contributed by atoms with E-state index in [2.05, 4.69) is 5.32 Å². The van der Waals surface area contributed by atoms with Gasteiger partial charge in [-0.3, -0.25) is 14.9 Å². The van der Waals surface area contributed by atoms with Crippen LogP contribution in [0.4, 0.5) is 10.5 Å². The lowest BCUT2D eigenvalue weighted by molar-refractivity contribution is -0.122. The molecular weight excluding hydrogens is 527 g/mol. The monoisotopic (exact) mass is 544 g/mol. The topological polar surface area (TPSA) is 84.9 Å². The molecule has 0 unspecified atom stereocenters. The zero-order valence-electron chi connectivity index (χ0n) is 19.1. The fourth-order valence-corrected chi connectivity index (χ4v) is 4.05. The van der Waals surface area contributed by atoms with Crippen molar-refractivity contribution in [3.05, 3.63) is 91.9 Å². The Balaban J connectivity index is 1.64. The summed E-state index contributed by atoms with van der Waals surface area (Å²) in [5.41, 5.74) is 2.34. The molecular formula is C26H19Cl3N2O5. The van der Waals surface area contributed by atoms with Crippen LogP contribution in [0, 0.1) is 6.92 Å². The van der Waals surface area contributed by atoms with Gasteiger partial charge in [-0.2, -0.15) is 0 Å². The minimum Gasteiger partial charge on any atom is -0.493 e. The first kappa shape index (κ1) is 25.6. The number of ether oxygens (including phenoxy) is 2. The van der Waals surface area contributed by atoms with Crippen molar-refractivity contribution in [3.8, 4) is 11.5 Å². The third kappa shape index (κ3) is 5.33. The molecule has 1 aliphatic heterocycles. The van der Waals surface area contributed by atoms with E-state index < -0.39 is 17.8 Å². The number of rotatable bonds is 6. The number of carbonyl (C=O) groups excluding carboxylic acids is 3. The third-order valence-electron chi connectivity index (χ3n) is 5.33. The van der Waals surface area contributed by atoms with Gasteiger partial charge < -0.3 is 9.47 Å². The second kappa shape index (κ2) is 10.6. The number of imide groups is 2. The maximum atomic E-state index is 13.1. The van der Waals surface area contributed by atoms with E-state index in [4.69, 9.17) is 44.3 Å². The molecule has 0 aromatic heterocycles. The Morgan fingerprint density at radius 2 is 1.64 bits per heavy atom. The standard InChI is InChI=1S/C26H19Cl3N2O5/c1-14-3-5-15(6-4-14)13-36-23-21(29)10-16(11-22(23)35-2)9-18-24(32)30-26(34)31(25(18)33)17-7-8-19(27)20(28)12-17/h3-12H,13H2,1-2H3,(H,30,32,34)/b18-9+. The Morgan fingerprint density at radius 1 is 0.917 bits per heavy atom. The van der Waals surface area contributed by atoms with E-state index in [9.17, 15) is 14.4 Å². The average Bonchev–Trinajstić information content (AvgIpc) is 2.84. The van der Waals surface area contributed by atoms with Crippen molar-refractivity contribution in [2.45, 2.75) is 13.5 Å². The summed E-state index contributed by atoms with van der Waals surface area (Å²) in [6, 6.07) is 14.3. The summed E-state index contributed by atoms with van der Waals surface area (Å²) in [6.45, 7) is 2.26. The average molecular weight is 546 g/mol. The molecule has 0 aliphatic carbocycles. The van der Waals surface area contributed by atoms with E-state index in [1.54, 1.807) is 6.07 Å². The zero-order valence-corrected chi connectivity index (χ0v) is 21.4. The molecule has 1 N–H and O–H groups in total. The summed E-state index contributed by atoms with van der Waals surface area (Å²) in [5.74, 6) is -1.07. The van der Waals surface area contributed by atoms with Crippen LogP contribution in [0.25, 0.3) is 6.08 Å². The number of halogens is 3. The van der Waals surface area contributed by atoms with Crippen LogP contribution in [0.2, 0.25) is 15.1 Å². The number of hydrogen-bond donors (Lipinski definition) is 1. The number of carbonyl (C=O) groups is 3. The molecule has 184 valence electrons. The van der Waals surface area contributed by atoms with Crippen LogP contribution >= 0.6 is 34.8 Å². The van der Waals surface area contributed by atoms with Gasteiger partial charge in [-0.1, -0.05) is 64.6 Å². The van der Waals surface area contributed by atoms with E-state index >= 15 is 0 Å². The molecule has 0 bridgehead atoms. The van der Waals surface area contributed by atoms with Gasteiger partial charge >= 0.3 is 6.03 Å². The van der Waals surface area contributed by atoms with Crippen molar-refractivity contribution >= 4 is 64.4 Å². The van der Waals surface area contributed by atoms with E-state index in [1.807, 2.05) is 31.2 Å². The number of nitrogens with one attached hydrogen (secondary N) is 1. The van der Waals surface area contributed by atoms with Crippen molar-refractivity contribution in [2.24, 2.45) is 0 Å². The smallest absolute Gasteiger partial charge is 0.335 e. The summed E-state index contributed by atoms with van der Waals surface area (Å²) >= 11 is 18.4. The maximum absolute atomic E-state index is 13.1. The van der Waals surface area contributed by atoms with Gasteiger partial charge in [-0.05, 0) is 54.5 Å². The largest absolute Gasteiger partial charge is 0.493 e. The van der Waals surface area contributed by atoms with Gasteiger partial charge in [-0.15, -0.1) is 0 Å². The first-order valence-electron chi connectivity index (χ1n) is 10.6. The number of anilines is 1. The number of barbiturate groups is 1. The fraction of sp³-hybridized carbons (Fsp3) is 0.115. The minimum atomic E-state index is -0.906. The predicted molar refractivity (Wildman–Crippen MR) is 139 cm³/mol. The van der Waals surface area contributed by atoms with E-state index in [0.29, 0.717) is 17.1 Å². The van der Waals surface area contributed by atoms with Crippen LogP contribution in [0.15, 0.2) is 60.2 Å². The first-order valence-corrected chi connectivity index (χ1v) is 11.7. The molecule has 1 heterocycles. The van der Waals surface area contributed by atoms with Crippen LogP contribution in [0.5, 0.6) is 11.5 Å². The van der Waals surface area contributed by atoms with Crippen molar-refractivity contribution in [3.63, 3.8) is 0 Å². The van der Waals surface area contributed by atoms with Gasteiger partial charge in [0.25, 0.3) is 11.8 Å². The third-order valence-corrected chi connectivity index (χ3v) is 6.35. The minimum absolute atomic E-state index is 0.148. The quantitative estimate of drug-likeness (QED) is 0.294. The summed E-state index contributed by atoms with van der Waals surface area (Å²) in [5, 5.41) is 2.77. The van der Waals surface area contributed by atoms with E-state index in [1.165, 1.54) is 37.5 Å². The molecule has 36 heavy (non-hydrogen) atoms. The van der Waals surface area contributed by atoms with Gasteiger partial charge in [0.05, 0.1) is 27.9 Å². The Kier molecular flexibility index (Phi) is 7.54. The molecule has 7 nitrogen and oxygen atoms in total. The Morgan fingerprint density at radius 3 is 2.31 bits per heavy atom. The predicted octanol–water partition coefficient (Wildman–Crippen LogP) is 6.21. The maximum Gasteiger partial charge on any atom is 0.335 e. The molecule has 1 saturated heterocycles. The summed E-state index contributed by atoms with van der Waals surface area (Å²) < 4.78 is 11.3. The molecule has 0 atom stereocenters. The van der Waals surface area contributed by atoms with Crippen molar-refractivity contribution in [2.75, 3.05) is 12.0 Å². The summed E-state index contributed by atoms with van der Waals surface area (Å²) in [6.07, 6.45) is 1.31. The zero-order chi connectivity index (χ0) is 26.0. The van der Waals surface area contributed by atoms with E-state index in [0.717, 1.165) is 16.0 Å². The van der Waals surface area contributed by atoms with Gasteiger partial charge in [0, 0.05) is 0 Å². The molecule has 3 aromatic carbocycles. The Bertz CT molecular complexity index is 1400. The van der Waals surface area contributed by atoms with Crippen LogP contribution in [0.1, 0.15) is 16.7 Å². The fourth-order valence-electron chi connectivity index (χ4n) is 3.49.